The van der Waals surface area contributed by atoms with Crippen LogP contribution in [-0.4, -0.2) is 53.4 Å². The van der Waals surface area contributed by atoms with Crippen molar-refractivity contribution in [3.8, 4) is 0 Å². The van der Waals surface area contributed by atoms with Gasteiger partial charge in [0.15, 0.2) is 11.2 Å². The zero-order chi connectivity index (χ0) is 16.9. The van der Waals surface area contributed by atoms with Gasteiger partial charge in [0.05, 0.1) is 6.61 Å². The number of nitrogens with zero attached hydrogens (tertiary/aromatic N) is 1. The Bertz CT molecular complexity index is 424. The van der Waals surface area contributed by atoms with Crippen molar-refractivity contribution in [2.45, 2.75) is 51.5 Å². The molecule has 7 heteroatoms. The second kappa shape index (κ2) is 7.81. The Morgan fingerprint density at radius 3 is 2.23 bits per heavy atom. The van der Waals surface area contributed by atoms with Gasteiger partial charge in [0.25, 0.3) is 0 Å². The number of esters is 1. The molecule has 1 saturated heterocycles. The van der Waals surface area contributed by atoms with Gasteiger partial charge < -0.3 is 14.4 Å². The first-order valence-corrected chi connectivity index (χ1v) is 7.91. The first-order chi connectivity index (χ1) is 10.2. The third kappa shape index (κ3) is 5.48. The Hall–Kier alpha value is -1.30. The number of hydrogen-bond donors (Lipinski definition) is 0. The number of ketones is 1. The van der Waals surface area contributed by atoms with Crippen molar-refractivity contribution in [1.29, 1.82) is 0 Å². The lowest BCUT2D eigenvalue weighted by Crippen LogP contribution is -2.44. The van der Waals surface area contributed by atoms with Crippen LogP contribution in [0, 0.1) is 5.92 Å². The predicted octanol–water partition coefficient (Wildman–Crippen LogP) is 2.37. The maximum atomic E-state index is 12.2. The molecule has 0 bridgehead atoms. The third-order valence-corrected chi connectivity index (χ3v) is 3.69. The number of ether oxygens (including phenoxy) is 2. The molecule has 1 unspecified atom stereocenters. The molecule has 22 heavy (non-hydrogen) atoms. The van der Waals surface area contributed by atoms with Gasteiger partial charge >= 0.3 is 12.1 Å². The number of likely N-dealkylation sites (tertiary alicyclic amines) is 1. The summed E-state index contributed by atoms with van der Waals surface area (Å²) in [5, 5.41) is -1.27. The van der Waals surface area contributed by atoms with Crippen molar-refractivity contribution in [3.05, 3.63) is 0 Å². The number of rotatable bonds is 4. The molecule has 0 saturated carbocycles. The van der Waals surface area contributed by atoms with Gasteiger partial charge in [0.2, 0.25) is 0 Å². The lowest BCUT2D eigenvalue weighted by atomic mass is 9.91. The van der Waals surface area contributed by atoms with Crippen LogP contribution in [0.4, 0.5) is 4.79 Å². The lowest BCUT2D eigenvalue weighted by molar-refractivity contribution is -0.146. The molecule has 1 aliphatic heterocycles. The molecule has 0 aliphatic carbocycles. The summed E-state index contributed by atoms with van der Waals surface area (Å²) < 4.78 is 10.0. The average molecular weight is 334 g/mol. The predicted molar refractivity (Wildman–Crippen MR) is 81.8 cm³/mol. The van der Waals surface area contributed by atoms with E-state index >= 15 is 0 Å². The van der Waals surface area contributed by atoms with E-state index in [-0.39, 0.29) is 24.4 Å². The second-order valence-electron chi connectivity index (χ2n) is 6.26. The van der Waals surface area contributed by atoms with Gasteiger partial charge in [-0.15, -0.1) is 11.6 Å². The van der Waals surface area contributed by atoms with Crippen LogP contribution >= 0.6 is 11.6 Å². The zero-order valence-electron chi connectivity index (χ0n) is 13.6. The number of amides is 1. The first-order valence-electron chi connectivity index (χ1n) is 7.48. The molecular weight excluding hydrogens is 310 g/mol. The molecule has 0 N–H and O–H groups in total. The number of Topliss-reactive ketones (excluding diaryl/α,β-unsaturated/α-hetero) is 1. The van der Waals surface area contributed by atoms with Gasteiger partial charge in [0, 0.05) is 19.0 Å². The van der Waals surface area contributed by atoms with Gasteiger partial charge in [-0.05, 0) is 40.5 Å². The van der Waals surface area contributed by atoms with E-state index in [9.17, 15) is 14.4 Å². The Morgan fingerprint density at radius 1 is 1.23 bits per heavy atom. The van der Waals surface area contributed by atoms with Crippen molar-refractivity contribution < 1.29 is 23.9 Å². The Labute approximate surface area is 136 Å². The van der Waals surface area contributed by atoms with Gasteiger partial charge in [-0.25, -0.2) is 9.59 Å². The fraction of sp³-hybridized carbons (Fsp3) is 0.800. The Kier molecular flexibility index (Phi) is 6.66. The van der Waals surface area contributed by atoms with Crippen LogP contribution in [0.5, 0.6) is 0 Å². The highest BCUT2D eigenvalue weighted by molar-refractivity contribution is 6.41. The molecule has 1 fully saturated rings. The molecular formula is C15H24ClNO5. The Morgan fingerprint density at radius 2 is 1.77 bits per heavy atom. The summed E-state index contributed by atoms with van der Waals surface area (Å²) in [5.41, 5.74) is -0.547. The molecule has 126 valence electrons. The molecule has 0 aromatic heterocycles. The van der Waals surface area contributed by atoms with E-state index in [2.05, 4.69) is 0 Å². The highest BCUT2D eigenvalue weighted by Gasteiger charge is 2.35. The number of hydrogen-bond acceptors (Lipinski definition) is 5. The van der Waals surface area contributed by atoms with Crippen LogP contribution in [0.2, 0.25) is 0 Å². The van der Waals surface area contributed by atoms with Gasteiger partial charge in [0.1, 0.15) is 5.60 Å². The van der Waals surface area contributed by atoms with E-state index in [0.29, 0.717) is 25.9 Å². The fourth-order valence-corrected chi connectivity index (χ4v) is 2.45. The summed E-state index contributed by atoms with van der Waals surface area (Å²) in [5.74, 6) is -1.36. The van der Waals surface area contributed by atoms with Crippen LogP contribution in [0.25, 0.3) is 0 Å². The van der Waals surface area contributed by atoms with Gasteiger partial charge in [-0.2, -0.15) is 0 Å². The molecule has 0 aromatic carbocycles. The van der Waals surface area contributed by atoms with Crippen LogP contribution in [-0.2, 0) is 19.1 Å². The smallest absolute Gasteiger partial charge is 0.410 e. The Balaban J connectivity index is 2.49. The van der Waals surface area contributed by atoms with E-state index < -0.39 is 16.9 Å². The normalized spacial score (nSPS) is 17.8. The van der Waals surface area contributed by atoms with Crippen molar-refractivity contribution in [2.24, 2.45) is 5.92 Å². The minimum atomic E-state index is -1.27. The SMILES string of the molecule is CCOC(=O)C(Cl)C(=O)C1CCN(C(=O)OC(C)(C)C)CC1. The number of piperidine rings is 1. The largest absolute Gasteiger partial charge is 0.465 e. The van der Waals surface area contributed by atoms with Crippen LogP contribution in [0.15, 0.2) is 0 Å². The first kappa shape index (κ1) is 18.7. The standard InChI is InChI=1S/C15H24ClNO5/c1-5-21-13(19)11(16)12(18)10-6-8-17(9-7-10)14(20)22-15(2,3)4/h10-11H,5-9H2,1-4H3. The molecule has 1 atom stereocenters. The van der Waals surface area contributed by atoms with Crippen LogP contribution in [0.1, 0.15) is 40.5 Å². The highest BCUT2D eigenvalue weighted by Crippen LogP contribution is 2.23. The van der Waals surface area contributed by atoms with E-state index in [1.807, 2.05) is 0 Å². The van der Waals surface area contributed by atoms with Crippen molar-refractivity contribution >= 4 is 29.4 Å². The second-order valence-corrected chi connectivity index (χ2v) is 6.70. The average Bonchev–Trinajstić information content (AvgIpc) is 2.44. The van der Waals surface area contributed by atoms with Gasteiger partial charge in [-0.3, -0.25) is 4.79 Å². The number of carbonyl (C=O) groups is 3. The van der Waals surface area contributed by atoms with Crippen LogP contribution in [0.3, 0.4) is 0 Å². The van der Waals surface area contributed by atoms with Gasteiger partial charge in [-0.1, -0.05) is 0 Å². The molecule has 1 aliphatic rings. The molecule has 0 aromatic rings. The number of halogens is 1. The highest BCUT2D eigenvalue weighted by atomic mass is 35.5. The van der Waals surface area contributed by atoms with Crippen molar-refractivity contribution in [2.75, 3.05) is 19.7 Å². The zero-order valence-corrected chi connectivity index (χ0v) is 14.3. The minimum Gasteiger partial charge on any atom is -0.465 e. The summed E-state index contributed by atoms with van der Waals surface area (Å²) >= 11 is 5.85. The van der Waals surface area contributed by atoms with E-state index in [0.717, 1.165) is 0 Å². The van der Waals surface area contributed by atoms with Crippen molar-refractivity contribution in [1.82, 2.24) is 4.90 Å². The van der Waals surface area contributed by atoms with E-state index in [1.54, 1.807) is 32.6 Å². The summed E-state index contributed by atoms with van der Waals surface area (Å²) in [6.45, 7) is 8.09. The lowest BCUT2D eigenvalue weighted by Gasteiger charge is -2.33. The third-order valence-electron chi connectivity index (χ3n) is 3.29. The molecule has 1 heterocycles. The molecule has 1 amide bonds. The molecule has 0 spiro atoms. The van der Waals surface area contributed by atoms with Crippen molar-refractivity contribution in [3.63, 3.8) is 0 Å². The fourth-order valence-electron chi connectivity index (χ4n) is 2.21. The molecule has 6 nitrogen and oxygen atoms in total. The topological polar surface area (TPSA) is 72.9 Å². The summed E-state index contributed by atoms with van der Waals surface area (Å²) in [4.78, 5) is 37.2. The maximum absolute atomic E-state index is 12.2. The van der Waals surface area contributed by atoms with Crippen LogP contribution < -0.4 is 0 Å². The molecule has 0 radical (unpaired) electrons. The summed E-state index contributed by atoms with van der Waals surface area (Å²) in [6.07, 6.45) is 0.563. The minimum absolute atomic E-state index is 0.187. The van der Waals surface area contributed by atoms with E-state index in [4.69, 9.17) is 21.1 Å². The molecule has 1 rings (SSSR count). The monoisotopic (exact) mass is 333 g/mol. The summed E-state index contributed by atoms with van der Waals surface area (Å²) in [6, 6.07) is 0. The summed E-state index contributed by atoms with van der Waals surface area (Å²) in [7, 11) is 0. The quantitative estimate of drug-likeness (QED) is 0.448. The number of alkyl halides is 1. The number of carbonyl (C=O) groups excluding carboxylic acids is 3. The maximum Gasteiger partial charge on any atom is 0.410 e. The van der Waals surface area contributed by atoms with E-state index in [1.165, 1.54) is 0 Å².